The molecule has 2 unspecified atom stereocenters. The molecule has 1 aromatic rings. The van der Waals surface area contributed by atoms with Gasteiger partial charge in [-0.3, -0.25) is 4.79 Å². The standard InChI is InChI=1S/C14H18N2O4/c1-16-14(13(15)17)5-4-10(7-14)20-9-2-3-11-12(6-9)19-8-18-11/h2-3,6,10,16H,4-5,7-8H2,1H3,(H2,15,17). The number of primary amides is 1. The van der Waals surface area contributed by atoms with Gasteiger partial charge in [0.25, 0.3) is 0 Å². The zero-order valence-corrected chi connectivity index (χ0v) is 11.3. The van der Waals surface area contributed by atoms with Crippen molar-refractivity contribution in [1.29, 1.82) is 0 Å². The quantitative estimate of drug-likeness (QED) is 0.851. The summed E-state index contributed by atoms with van der Waals surface area (Å²) >= 11 is 0. The van der Waals surface area contributed by atoms with Crippen LogP contribution in [0.3, 0.4) is 0 Å². The second kappa shape index (κ2) is 4.86. The molecule has 1 amide bonds. The lowest BCUT2D eigenvalue weighted by atomic mass is 9.97. The molecule has 1 aliphatic carbocycles. The first-order valence-electron chi connectivity index (χ1n) is 6.68. The summed E-state index contributed by atoms with van der Waals surface area (Å²) in [4.78, 5) is 11.6. The topological polar surface area (TPSA) is 82.8 Å². The van der Waals surface area contributed by atoms with Crippen molar-refractivity contribution in [1.82, 2.24) is 5.32 Å². The van der Waals surface area contributed by atoms with Gasteiger partial charge >= 0.3 is 0 Å². The Kier molecular flexibility index (Phi) is 3.17. The molecule has 1 heterocycles. The minimum absolute atomic E-state index is 0.0321. The molecule has 0 saturated heterocycles. The van der Waals surface area contributed by atoms with Crippen LogP contribution in [-0.4, -0.2) is 31.4 Å². The molecule has 1 aliphatic heterocycles. The highest BCUT2D eigenvalue weighted by Gasteiger charge is 2.43. The van der Waals surface area contributed by atoms with Gasteiger partial charge in [-0.2, -0.15) is 0 Å². The zero-order chi connectivity index (χ0) is 14.2. The van der Waals surface area contributed by atoms with Crippen LogP contribution in [0.15, 0.2) is 18.2 Å². The largest absolute Gasteiger partial charge is 0.490 e. The number of hydrogen-bond acceptors (Lipinski definition) is 5. The molecule has 2 atom stereocenters. The van der Waals surface area contributed by atoms with Crippen molar-refractivity contribution in [3.8, 4) is 17.2 Å². The Hall–Kier alpha value is -1.95. The molecule has 3 N–H and O–H groups in total. The first-order valence-corrected chi connectivity index (χ1v) is 6.68. The number of hydrogen-bond donors (Lipinski definition) is 2. The number of carbonyl (C=O) groups excluding carboxylic acids is 1. The highest BCUT2D eigenvalue weighted by molar-refractivity contribution is 5.85. The number of likely N-dealkylation sites (N-methyl/N-ethyl adjacent to an activating group) is 1. The first-order chi connectivity index (χ1) is 9.63. The van der Waals surface area contributed by atoms with Crippen molar-refractivity contribution < 1.29 is 19.0 Å². The van der Waals surface area contributed by atoms with E-state index in [0.29, 0.717) is 18.6 Å². The number of carbonyl (C=O) groups is 1. The predicted molar refractivity (Wildman–Crippen MR) is 71.8 cm³/mol. The summed E-state index contributed by atoms with van der Waals surface area (Å²) in [6.45, 7) is 0.243. The fraction of sp³-hybridized carbons (Fsp3) is 0.500. The Morgan fingerprint density at radius 2 is 2.25 bits per heavy atom. The average Bonchev–Trinajstić information content (AvgIpc) is 3.05. The lowest BCUT2D eigenvalue weighted by molar-refractivity contribution is -0.124. The van der Waals surface area contributed by atoms with Crippen LogP contribution in [-0.2, 0) is 4.79 Å². The van der Waals surface area contributed by atoms with Gasteiger partial charge in [0, 0.05) is 12.5 Å². The van der Waals surface area contributed by atoms with Crippen LogP contribution in [0.4, 0.5) is 0 Å². The molecule has 1 fully saturated rings. The van der Waals surface area contributed by atoms with E-state index in [1.807, 2.05) is 18.2 Å². The van der Waals surface area contributed by atoms with E-state index in [9.17, 15) is 4.79 Å². The summed E-state index contributed by atoms with van der Waals surface area (Å²) < 4.78 is 16.5. The van der Waals surface area contributed by atoms with E-state index in [2.05, 4.69) is 5.32 Å². The second-order valence-electron chi connectivity index (χ2n) is 5.19. The summed E-state index contributed by atoms with van der Waals surface area (Å²) in [6, 6.07) is 5.48. The molecular weight excluding hydrogens is 260 g/mol. The highest BCUT2D eigenvalue weighted by atomic mass is 16.7. The van der Waals surface area contributed by atoms with Crippen molar-refractivity contribution in [3.05, 3.63) is 18.2 Å². The lowest BCUT2D eigenvalue weighted by Crippen LogP contribution is -2.52. The molecule has 0 spiro atoms. The van der Waals surface area contributed by atoms with Gasteiger partial charge in [0.1, 0.15) is 17.4 Å². The monoisotopic (exact) mass is 278 g/mol. The van der Waals surface area contributed by atoms with Gasteiger partial charge in [-0.25, -0.2) is 0 Å². The summed E-state index contributed by atoms with van der Waals surface area (Å²) in [5.41, 5.74) is 4.83. The Balaban J connectivity index is 1.69. The van der Waals surface area contributed by atoms with Gasteiger partial charge in [0.05, 0.1) is 0 Å². The SMILES string of the molecule is CNC1(C(N)=O)CCC(Oc2ccc3c(c2)OCO3)C1. The van der Waals surface area contributed by atoms with Gasteiger partial charge in [0.2, 0.25) is 12.7 Å². The van der Waals surface area contributed by atoms with Crippen molar-refractivity contribution in [2.24, 2.45) is 5.73 Å². The molecule has 20 heavy (non-hydrogen) atoms. The predicted octanol–water partition coefficient (Wildman–Crippen LogP) is 0.790. The maximum atomic E-state index is 11.6. The third kappa shape index (κ3) is 2.16. The summed E-state index contributed by atoms with van der Waals surface area (Å²) in [7, 11) is 1.76. The number of nitrogens with one attached hydrogen (secondary N) is 1. The van der Waals surface area contributed by atoms with Crippen LogP contribution >= 0.6 is 0 Å². The molecule has 6 heteroatoms. The van der Waals surface area contributed by atoms with Crippen molar-refractivity contribution in [3.63, 3.8) is 0 Å². The number of nitrogens with two attached hydrogens (primary N) is 1. The van der Waals surface area contributed by atoms with Crippen LogP contribution < -0.4 is 25.3 Å². The maximum absolute atomic E-state index is 11.6. The molecule has 2 aliphatic rings. The number of benzene rings is 1. The second-order valence-corrected chi connectivity index (χ2v) is 5.19. The van der Waals surface area contributed by atoms with Gasteiger partial charge in [-0.1, -0.05) is 0 Å². The van der Waals surface area contributed by atoms with Gasteiger partial charge < -0.3 is 25.3 Å². The van der Waals surface area contributed by atoms with Crippen LogP contribution in [0, 0.1) is 0 Å². The van der Waals surface area contributed by atoms with Gasteiger partial charge in [0.15, 0.2) is 11.5 Å². The van der Waals surface area contributed by atoms with Crippen LogP contribution in [0.1, 0.15) is 19.3 Å². The smallest absolute Gasteiger partial charge is 0.237 e. The van der Waals surface area contributed by atoms with E-state index in [0.717, 1.165) is 17.9 Å². The van der Waals surface area contributed by atoms with Crippen LogP contribution in [0.2, 0.25) is 0 Å². The molecule has 0 aromatic heterocycles. The molecule has 0 bridgehead atoms. The molecule has 6 nitrogen and oxygen atoms in total. The third-order valence-corrected chi connectivity index (χ3v) is 4.07. The highest BCUT2D eigenvalue weighted by Crippen LogP contribution is 2.37. The van der Waals surface area contributed by atoms with Crippen molar-refractivity contribution >= 4 is 5.91 Å². The fourth-order valence-corrected chi connectivity index (χ4v) is 2.82. The van der Waals surface area contributed by atoms with Gasteiger partial charge in [-0.05, 0) is 32.0 Å². The average molecular weight is 278 g/mol. The first kappa shape index (κ1) is 13.1. The Bertz CT molecular complexity index is 534. The molecule has 1 aromatic carbocycles. The molecule has 0 radical (unpaired) electrons. The zero-order valence-electron chi connectivity index (χ0n) is 11.3. The van der Waals surface area contributed by atoms with E-state index in [1.165, 1.54) is 0 Å². The third-order valence-electron chi connectivity index (χ3n) is 4.07. The minimum Gasteiger partial charge on any atom is -0.490 e. The summed E-state index contributed by atoms with van der Waals surface area (Å²) in [5.74, 6) is 1.81. The molecule has 3 rings (SSSR count). The summed E-state index contributed by atoms with van der Waals surface area (Å²) in [6.07, 6.45) is 2.02. The Morgan fingerprint density at radius 1 is 1.45 bits per heavy atom. The maximum Gasteiger partial charge on any atom is 0.237 e. The Morgan fingerprint density at radius 3 is 2.95 bits per heavy atom. The lowest BCUT2D eigenvalue weighted by Gasteiger charge is -2.24. The van der Waals surface area contributed by atoms with E-state index in [1.54, 1.807) is 7.05 Å². The van der Waals surface area contributed by atoms with Crippen LogP contribution in [0.5, 0.6) is 17.2 Å². The number of fused-ring (bicyclic) bond motifs is 1. The number of amides is 1. The van der Waals surface area contributed by atoms with E-state index in [4.69, 9.17) is 19.9 Å². The molecule has 108 valence electrons. The minimum atomic E-state index is -0.652. The Labute approximate surface area is 117 Å². The number of rotatable bonds is 4. The van der Waals surface area contributed by atoms with Crippen LogP contribution in [0.25, 0.3) is 0 Å². The fourth-order valence-electron chi connectivity index (χ4n) is 2.82. The normalized spacial score (nSPS) is 27.6. The van der Waals surface area contributed by atoms with Crippen molar-refractivity contribution in [2.45, 2.75) is 30.9 Å². The van der Waals surface area contributed by atoms with E-state index in [-0.39, 0.29) is 18.8 Å². The van der Waals surface area contributed by atoms with Crippen molar-refractivity contribution in [2.75, 3.05) is 13.8 Å². The van der Waals surface area contributed by atoms with E-state index >= 15 is 0 Å². The van der Waals surface area contributed by atoms with E-state index < -0.39 is 5.54 Å². The number of ether oxygens (including phenoxy) is 3. The van der Waals surface area contributed by atoms with Gasteiger partial charge in [-0.15, -0.1) is 0 Å². The molecular formula is C14H18N2O4. The molecule has 1 saturated carbocycles. The summed E-state index contributed by atoms with van der Waals surface area (Å²) in [5, 5.41) is 3.04.